The second-order valence-corrected chi connectivity index (χ2v) is 8.69. The summed E-state index contributed by atoms with van der Waals surface area (Å²) >= 11 is 0. The average Bonchev–Trinajstić information content (AvgIpc) is 2.51. The highest BCUT2D eigenvalue weighted by molar-refractivity contribution is 7.92. The summed E-state index contributed by atoms with van der Waals surface area (Å²) in [4.78, 5) is 12.4. The predicted octanol–water partition coefficient (Wildman–Crippen LogP) is 2.88. The quantitative estimate of drug-likeness (QED) is 0.830. The molecule has 1 amide bonds. The number of carbonyl (C=O) groups is 1. The number of nitrogens with one attached hydrogen (secondary N) is 1. The number of amides is 1. The van der Waals surface area contributed by atoms with Crippen LogP contribution in [0, 0.1) is 11.8 Å². The lowest BCUT2D eigenvalue weighted by molar-refractivity contribution is 0.0910. The molecule has 0 aliphatic heterocycles. The molecule has 23 heavy (non-hydrogen) atoms. The number of rotatable bonds is 7. The van der Waals surface area contributed by atoms with Crippen molar-refractivity contribution in [3.05, 3.63) is 29.8 Å². The molecule has 0 saturated heterocycles. The molecule has 0 heterocycles. The van der Waals surface area contributed by atoms with Gasteiger partial charge in [0.1, 0.15) is 0 Å². The van der Waals surface area contributed by atoms with Crippen molar-refractivity contribution in [1.29, 1.82) is 0 Å². The molecule has 0 spiro atoms. The van der Waals surface area contributed by atoms with Crippen LogP contribution in [0.1, 0.15) is 45.0 Å². The Bertz CT molecular complexity index is 614. The normalized spacial score (nSPS) is 12.0. The molecule has 1 aromatic rings. The van der Waals surface area contributed by atoms with Gasteiger partial charge in [-0.2, -0.15) is 0 Å². The van der Waals surface area contributed by atoms with E-state index in [-0.39, 0.29) is 17.7 Å². The van der Waals surface area contributed by atoms with Crippen molar-refractivity contribution in [1.82, 2.24) is 5.32 Å². The molecule has 0 atom stereocenters. The molecule has 0 aliphatic rings. The smallest absolute Gasteiger partial charge is 0.251 e. The Morgan fingerprint density at radius 1 is 1.09 bits per heavy atom. The van der Waals surface area contributed by atoms with Crippen LogP contribution in [-0.4, -0.2) is 33.2 Å². The fraction of sp³-hybridized carbons (Fsp3) is 0.588. The summed E-state index contributed by atoms with van der Waals surface area (Å²) in [5.41, 5.74) is 1.08. The van der Waals surface area contributed by atoms with Crippen LogP contribution in [0.5, 0.6) is 0 Å². The molecule has 0 aliphatic carbocycles. The largest absolute Gasteiger partial charge is 0.349 e. The second-order valence-electron chi connectivity index (χ2n) is 6.40. The lowest BCUT2D eigenvalue weighted by Crippen LogP contribution is -2.42. The van der Waals surface area contributed by atoms with Crippen LogP contribution in [0.3, 0.4) is 0 Å². The van der Waals surface area contributed by atoms with Crippen LogP contribution >= 0.6 is 0 Å². The van der Waals surface area contributed by atoms with Crippen LogP contribution in [0.25, 0.3) is 0 Å². The van der Waals surface area contributed by atoms with Gasteiger partial charge in [-0.15, -0.1) is 0 Å². The first-order valence-electron chi connectivity index (χ1n) is 7.97. The summed E-state index contributed by atoms with van der Waals surface area (Å²) in [6.45, 7) is 9.93. The van der Waals surface area contributed by atoms with Crippen LogP contribution in [0.2, 0.25) is 0 Å². The number of hydrogen-bond donors (Lipinski definition) is 1. The number of benzene rings is 1. The topological polar surface area (TPSA) is 66.5 Å². The van der Waals surface area contributed by atoms with Gasteiger partial charge in [0.15, 0.2) is 0 Å². The Labute approximate surface area is 140 Å². The van der Waals surface area contributed by atoms with Gasteiger partial charge in [-0.25, -0.2) is 8.42 Å². The summed E-state index contributed by atoms with van der Waals surface area (Å²) in [5, 5.41) is 3.05. The standard InChI is InChI=1S/C17H28N2O3S/c1-7-23(21,22)19(6)15-10-8-14(9-11-15)17(20)18-16(12(2)3)13(4)5/h8-13,16H,7H2,1-6H3,(H,18,20). The summed E-state index contributed by atoms with van der Waals surface area (Å²) in [6.07, 6.45) is 0. The first-order chi connectivity index (χ1) is 10.6. The van der Waals surface area contributed by atoms with Crippen molar-refractivity contribution in [2.45, 2.75) is 40.7 Å². The van der Waals surface area contributed by atoms with E-state index in [0.29, 0.717) is 23.1 Å². The number of anilines is 1. The van der Waals surface area contributed by atoms with Gasteiger partial charge in [-0.05, 0) is 43.0 Å². The number of carbonyl (C=O) groups excluding carboxylic acids is 1. The van der Waals surface area contributed by atoms with Gasteiger partial charge in [-0.1, -0.05) is 27.7 Å². The fourth-order valence-corrected chi connectivity index (χ4v) is 3.35. The average molecular weight is 340 g/mol. The second kappa shape index (κ2) is 7.81. The van der Waals surface area contributed by atoms with E-state index in [9.17, 15) is 13.2 Å². The molecule has 0 saturated carbocycles. The molecule has 5 nitrogen and oxygen atoms in total. The minimum Gasteiger partial charge on any atom is -0.349 e. The van der Waals surface area contributed by atoms with E-state index in [1.54, 1.807) is 31.2 Å². The van der Waals surface area contributed by atoms with Gasteiger partial charge in [0.2, 0.25) is 10.0 Å². The highest BCUT2D eigenvalue weighted by atomic mass is 32.2. The molecule has 130 valence electrons. The Balaban J connectivity index is 2.90. The number of hydrogen-bond acceptors (Lipinski definition) is 3. The van der Waals surface area contributed by atoms with E-state index in [2.05, 4.69) is 33.0 Å². The van der Waals surface area contributed by atoms with E-state index in [1.807, 2.05) is 0 Å². The van der Waals surface area contributed by atoms with Crippen LogP contribution in [0.4, 0.5) is 5.69 Å². The van der Waals surface area contributed by atoms with Crippen molar-refractivity contribution in [2.75, 3.05) is 17.1 Å². The Morgan fingerprint density at radius 3 is 1.96 bits per heavy atom. The van der Waals surface area contributed by atoms with E-state index in [4.69, 9.17) is 0 Å². The monoisotopic (exact) mass is 340 g/mol. The SMILES string of the molecule is CCS(=O)(=O)N(C)c1ccc(C(=O)NC(C(C)C)C(C)C)cc1. The minimum absolute atomic E-state index is 0.0379. The summed E-state index contributed by atoms with van der Waals surface area (Å²) in [5.74, 6) is 0.596. The maximum atomic E-state index is 12.4. The third-order valence-corrected chi connectivity index (χ3v) is 5.78. The zero-order chi connectivity index (χ0) is 17.8. The molecule has 0 aromatic heterocycles. The van der Waals surface area contributed by atoms with Gasteiger partial charge >= 0.3 is 0 Å². The van der Waals surface area contributed by atoms with Crippen molar-refractivity contribution < 1.29 is 13.2 Å². The van der Waals surface area contributed by atoms with Gasteiger partial charge in [0.25, 0.3) is 5.91 Å². The molecule has 0 fully saturated rings. The molecule has 6 heteroatoms. The molecule has 1 N–H and O–H groups in total. The van der Waals surface area contributed by atoms with Gasteiger partial charge in [-0.3, -0.25) is 9.10 Å². The van der Waals surface area contributed by atoms with Crippen molar-refractivity contribution in [3.8, 4) is 0 Å². The van der Waals surface area contributed by atoms with Crippen molar-refractivity contribution in [2.24, 2.45) is 11.8 Å². The first-order valence-corrected chi connectivity index (χ1v) is 9.58. The Hall–Kier alpha value is -1.56. The fourth-order valence-electron chi connectivity index (χ4n) is 2.51. The third kappa shape index (κ3) is 4.96. The highest BCUT2D eigenvalue weighted by Crippen LogP contribution is 2.18. The first kappa shape index (κ1) is 19.5. The Morgan fingerprint density at radius 2 is 1.57 bits per heavy atom. The van der Waals surface area contributed by atoms with Crippen LogP contribution < -0.4 is 9.62 Å². The highest BCUT2D eigenvalue weighted by Gasteiger charge is 2.21. The zero-order valence-corrected chi connectivity index (χ0v) is 15.6. The lowest BCUT2D eigenvalue weighted by atomic mass is 9.93. The van der Waals surface area contributed by atoms with Gasteiger partial charge < -0.3 is 5.32 Å². The maximum absolute atomic E-state index is 12.4. The summed E-state index contributed by atoms with van der Waals surface area (Å²) < 4.78 is 25.0. The number of sulfonamides is 1. The Kier molecular flexibility index (Phi) is 6.62. The molecule has 0 bridgehead atoms. The van der Waals surface area contributed by atoms with E-state index in [1.165, 1.54) is 11.4 Å². The van der Waals surface area contributed by atoms with Crippen molar-refractivity contribution >= 4 is 21.6 Å². The lowest BCUT2D eigenvalue weighted by Gasteiger charge is -2.26. The van der Waals surface area contributed by atoms with Crippen LogP contribution in [-0.2, 0) is 10.0 Å². The summed E-state index contributed by atoms with van der Waals surface area (Å²) in [6, 6.07) is 6.73. The van der Waals surface area contributed by atoms with E-state index >= 15 is 0 Å². The van der Waals surface area contributed by atoms with E-state index in [0.717, 1.165) is 0 Å². The molecular weight excluding hydrogens is 312 g/mol. The molecular formula is C17H28N2O3S. The molecule has 1 rings (SSSR count). The van der Waals surface area contributed by atoms with Crippen molar-refractivity contribution in [3.63, 3.8) is 0 Å². The zero-order valence-electron chi connectivity index (χ0n) is 14.8. The number of nitrogens with zero attached hydrogens (tertiary/aromatic N) is 1. The summed E-state index contributed by atoms with van der Waals surface area (Å²) in [7, 11) is -1.78. The molecule has 0 unspecified atom stereocenters. The van der Waals surface area contributed by atoms with E-state index < -0.39 is 10.0 Å². The third-order valence-electron chi connectivity index (χ3n) is 4.01. The molecule has 0 radical (unpaired) electrons. The predicted molar refractivity (Wildman–Crippen MR) is 95.2 cm³/mol. The maximum Gasteiger partial charge on any atom is 0.251 e. The van der Waals surface area contributed by atoms with Gasteiger partial charge in [0.05, 0.1) is 11.4 Å². The minimum atomic E-state index is -3.29. The molecule has 1 aromatic carbocycles. The van der Waals surface area contributed by atoms with Gasteiger partial charge in [0, 0.05) is 18.7 Å². The van der Waals surface area contributed by atoms with Crippen LogP contribution in [0.15, 0.2) is 24.3 Å².